The first-order valence-corrected chi connectivity index (χ1v) is 5.74. The molecule has 0 aromatic rings. The van der Waals surface area contributed by atoms with Gasteiger partial charge in [0.2, 0.25) is 5.91 Å². The van der Waals surface area contributed by atoms with E-state index >= 15 is 0 Å². The molecule has 3 atom stereocenters. The molecule has 0 radical (unpaired) electrons. The van der Waals surface area contributed by atoms with Crippen molar-refractivity contribution in [1.82, 2.24) is 4.90 Å². The molecule has 3 unspecified atom stereocenters. The van der Waals surface area contributed by atoms with Gasteiger partial charge in [-0.1, -0.05) is 6.92 Å². The number of aliphatic hydroxyl groups excluding tert-OH is 2. The van der Waals surface area contributed by atoms with Gasteiger partial charge in [0, 0.05) is 0 Å². The summed E-state index contributed by atoms with van der Waals surface area (Å²) >= 11 is 0. The molecular weight excluding hydrogens is 226 g/mol. The van der Waals surface area contributed by atoms with E-state index < -0.39 is 37.2 Å². The number of carboxylic acid groups (broad SMARTS) is 1. The quantitative estimate of drug-likeness (QED) is 0.598. The fourth-order valence-electron chi connectivity index (χ4n) is 2.37. The van der Waals surface area contributed by atoms with E-state index in [9.17, 15) is 9.59 Å². The Bertz CT molecular complexity index is 290. The van der Waals surface area contributed by atoms with Crippen LogP contribution in [0.1, 0.15) is 26.2 Å². The zero-order chi connectivity index (χ0) is 13.0. The molecule has 1 saturated carbocycles. The molecule has 6 heteroatoms. The second-order valence-corrected chi connectivity index (χ2v) is 4.63. The first-order valence-electron chi connectivity index (χ1n) is 5.74. The summed E-state index contributed by atoms with van der Waals surface area (Å²) in [6, 6.07) is 0. The summed E-state index contributed by atoms with van der Waals surface area (Å²) in [6.45, 7) is 0.786. The Morgan fingerprint density at radius 1 is 1.18 bits per heavy atom. The molecule has 17 heavy (non-hydrogen) atoms. The van der Waals surface area contributed by atoms with Gasteiger partial charge in [-0.15, -0.1) is 0 Å². The van der Waals surface area contributed by atoms with Crippen molar-refractivity contribution in [2.45, 2.75) is 26.2 Å². The minimum Gasteiger partial charge on any atom is -0.481 e. The van der Waals surface area contributed by atoms with Crippen molar-refractivity contribution >= 4 is 11.9 Å². The normalized spacial score (nSPS) is 28.8. The Hall–Kier alpha value is -1.14. The van der Waals surface area contributed by atoms with Crippen molar-refractivity contribution in [3.05, 3.63) is 0 Å². The summed E-state index contributed by atoms with van der Waals surface area (Å²) in [5, 5.41) is 26.9. The van der Waals surface area contributed by atoms with Gasteiger partial charge in [0.1, 0.15) is 13.5 Å². The minimum absolute atomic E-state index is 0.289. The molecule has 1 rings (SSSR count). The predicted octanol–water partition coefficient (Wildman–Crippen LogP) is -0.148. The molecule has 0 bridgehead atoms. The summed E-state index contributed by atoms with van der Waals surface area (Å²) in [4.78, 5) is 23.9. The third kappa shape index (κ3) is 3.17. The van der Waals surface area contributed by atoms with Crippen LogP contribution in [0.25, 0.3) is 0 Å². The maximum atomic E-state index is 11.9. The van der Waals surface area contributed by atoms with E-state index in [1.165, 1.54) is 0 Å². The molecule has 1 amide bonds. The zero-order valence-corrected chi connectivity index (χ0v) is 9.87. The van der Waals surface area contributed by atoms with Crippen LogP contribution in [0.2, 0.25) is 0 Å². The summed E-state index contributed by atoms with van der Waals surface area (Å²) in [7, 11) is 0. The molecule has 3 N–H and O–H groups in total. The van der Waals surface area contributed by atoms with Gasteiger partial charge in [0.05, 0.1) is 11.8 Å². The number of aliphatic carboxylic acids is 1. The maximum Gasteiger partial charge on any atom is 0.307 e. The number of carbonyl (C=O) groups excluding carboxylic acids is 1. The number of aliphatic hydroxyl groups is 2. The van der Waals surface area contributed by atoms with Gasteiger partial charge in [-0.05, 0) is 25.2 Å². The lowest BCUT2D eigenvalue weighted by atomic mass is 9.74. The molecular formula is C11H19NO5. The summed E-state index contributed by atoms with van der Waals surface area (Å²) in [5.74, 6) is -2.52. The molecule has 1 fully saturated rings. The van der Waals surface area contributed by atoms with Crippen molar-refractivity contribution in [2.75, 3.05) is 13.5 Å². The van der Waals surface area contributed by atoms with E-state index in [1.54, 1.807) is 0 Å². The lowest BCUT2D eigenvalue weighted by Crippen LogP contribution is -2.44. The van der Waals surface area contributed by atoms with E-state index in [-0.39, 0.29) is 5.92 Å². The number of hydrogen-bond donors (Lipinski definition) is 3. The van der Waals surface area contributed by atoms with Crippen LogP contribution < -0.4 is 0 Å². The van der Waals surface area contributed by atoms with Crippen molar-refractivity contribution in [1.29, 1.82) is 0 Å². The van der Waals surface area contributed by atoms with Gasteiger partial charge in [-0.3, -0.25) is 14.5 Å². The van der Waals surface area contributed by atoms with Crippen LogP contribution in [0, 0.1) is 17.8 Å². The van der Waals surface area contributed by atoms with Crippen LogP contribution >= 0.6 is 0 Å². The number of nitrogens with zero attached hydrogens (tertiary/aromatic N) is 1. The van der Waals surface area contributed by atoms with Crippen molar-refractivity contribution in [2.24, 2.45) is 17.8 Å². The van der Waals surface area contributed by atoms with Gasteiger partial charge in [-0.2, -0.15) is 0 Å². The van der Waals surface area contributed by atoms with Crippen LogP contribution in [0.3, 0.4) is 0 Å². The molecule has 0 aromatic carbocycles. The van der Waals surface area contributed by atoms with Crippen LogP contribution in [-0.2, 0) is 9.59 Å². The van der Waals surface area contributed by atoms with Crippen molar-refractivity contribution in [3.8, 4) is 0 Å². The molecule has 1 aliphatic carbocycles. The molecule has 0 spiro atoms. The summed E-state index contributed by atoms with van der Waals surface area (Å²) < 4.78 is 0. The average Bonchev–Trinajstić information content (AvgIpc) is 2.30. The molecule has 0 heterocycles. The van der Waals surface area contributed by atoms with Crippen molar-refractivity contribution in [3.63, 3.8) is 0 Å². The molecule has 0 aliphatic heterocycles. The SMILES string of the molecule is CC1CCC(C(=O)N(CO)CO)C(C(=O)O)C1. The minimum atomic E-state index is -0.981. The van der Waals surface area contributed by atoms with Gasteiger partial charge >= 0.3 is 5.97 Å². The lowest BCUT2D eigenvalue weighted by molar-refractivity contribution is -0.157. The summed E-state index contributed by atoms with van der Waals surface area (Å²) in [5.41, 5.74) is 0. The highest BCUT2D eigenvalue weighted by Crippen LogP contribution is 2.35. The number of carbonyl (C=O) groups is 2. The van der Waals surface area contributed by atoms with Crippen molar-refractivity contribution < 1.29 is 24.9 Å². The highest BCUT2D eigenvalue weighted by molar-refractivity contribution is 5.84. The van der Waals surface area contributed by atoms with Crippen LogP contribution in [0.5, 0.6) is 0 Å². The number of rotatable bonds is 4. The Labute approximate surface area is 99.8 Å². The maximum absolute atomic E-state index is 11.9. The average molecular weight is 245 g/mol. The third-order valence-electron chi connectivity index (χ3n) is 3.40. The number of carboxylic acids is 1. The zero-order valence-electron chi connectivity index (χ0n) is 9.87. The Morgan fingerprint density at radius 3 is 2.24 bits per heavy atom. The summed E-state index contributed by atoms with van der Waals surface area (Å²) in [6.07, 6.45) is 1.76. The van der Waals surface area contributed by atoms with E-state index in [2.05, 4.69) is 0 Å². The monoisotopic (exact) mass is 245 g/mol. The lowest BCUT2D eigenvalue weighted by Gasteiger charge is -2.33. The fraction of sp³-hybridized carbons (Fsp3) is 0.818. The topological polar surface area (TPSA) is 98.1 Å². The molecule has 0 saturated heterocycles. The van der Waals surface area contributed by atoms with E-state index in [4.69, 9.17) is 15.3 Å². The van der Waals surface area contributed by atoms with Gasteiger partial charge in [-0.25, -0.2) is 0 Å². The highest BCUT2D eigenvalue weighted by Gasteiger charge is 2.39. The Balaban J connectivity index is 2.79. The van der Waals surface area contributed by atoms with Gasteiger partial charge in [0.15, 0.2) is 0 Å². The van der Waals surface area contributed by atoms with E-state index in [0.29, 0.717) is 12.8 Å². The van der Waals surface area contributed by atoms with Crippen LogP contribution in [0.4, 0.5) is 0 Å². The van der Waals surface area contributed by atoms with Crippen LogP contribution in [0.15, 0.2) is 0 Å². The van der Waals surface area contributed by atoms with Crippen LogP contribution in [-0.4, -0.2) is 45.6 Å². The molecule has 1 aliphatic rings. The predicted molar refractivity (Wildman–Crippen MR) is 58.6 cm³/mol. The first kappa shape index (κ1) is 13.9. The number of hydrogen-bond acceptors (Lipinski definition) is 4. The second kappa shape index (κ2) is 5.97. The molecule has 98 valence electrons. The largest absolute Gasteiger partial charge is 0.481 e. The highest BCUT2D eigenvalue weighted by atomic mass is 16.4. The van der Waals surface area contributed by atoms with Gasteiger partial charge in [0.25, 0.3) is 0 Å². The standard InChI is InChI=1S/C11H19NO5/c1-7-2-3-8(9(4-7)11(16)17)10(15)12(5-13)6-14/h7-9,13-14H,2-6H2,1H3,(H,16,17). The molecule has 0 aromatic heterocycles. The third-order valence-corrected chi connectivity index (χ3v) is 3.40. The Morgan fingerprint density at radius 2 is 1.76 bits per heavy atom. The number of amides is 1. The second-order valence-electron chi connectivity index (χ2n) is 4.63. The fourth-order valence-corrected chi connectivity index (χ4v) is 2.37. The van der Waals surface area contributed by atoms with E-state index in [1.807, 2.05) is 6.92 Å². The van der Waals surface area contributed by atoms with E-state index in [0.717, 1.165) is 11.3 Å². The van der Waals surface area contributed by atoms with Gasteiger partial charge < -0.3 is 15.3 Å². The first-order chi connectivity index (χ1) is 8.01. The smallest absolute Gasteiger partial charge is 0.307 e. The molecule has 6 nitrogen and oxygen atoms in total. The Kier molecular flexibility index (Phi) is 4.89.